The van der Waals surface area contributed by atoms with Gasteiger partial charge in [-0.05, 0) is 18.2 Å². The van der Waals surface area contributed by atoms with Gasteiger partial charge in [-0.2, -0.15) is 5.10 Å². The summed E-state index contributed by atoms with van der Waals surface area (Å²) in [5, 5.41) is 7.47. The molecule has 1 aromatic heterocycles. The normalized spacial score (nSPS) is 13.0. The second kappa shape index (κ2) is 8.91. The first-order valence-electron chi connectivity index (χ1n) is 10.0. The van der Waals surface area contributed by atoms with Crippen LogP contribution in [0.25, 0.3) is 11.3 Å². The van der Waals surface area contributed by atoms with Crippen LogP contribution in [0.2, 0.25) is 0 Å². The molecule has 2 aromatic carbocycles. The SMILES string of the molecule is COc1ccc(OC)c(CNC(=O)CN2C(=O)CCn3nc(-c4ccccc4)cc32)c1. The molecule has 8 heteroatoms. The standard InChI is InChI=1S/C23H24N4O4/c1-30-18-8-9-20(31-2)17(12-18)14-24-21(28)15-26-22-13-19(16-6-4-3-5-7-16)25-27(22)11-10-23(26)29/h3-9,12-13H,10-11,14-15H2,1-2H3,(H,24,28). The molecule has 1 aliphatic rings. The Bertz CT molecular complexity index is 1090. The number of ether oxygens (including phenoxy) is 2. The van der Waals surface area contributed by atoms with E-state index in [-0.39, 0.29) is 24.9 Å². The summed E-state index contributed by atoms with van der Waals surface area (Å²) in [5.74, 6) is 1.59. The van der Waals surface area contributed by atoms with Gasteiger partial charge in [0.05, 0.1) is 26.5 Å². The van der Waals surface area contributed by atoms with E-state index >= 15 is 0 Å². The molecule has 0 saturated heterocycles. The topological polar surface area (TPSA) is 85.7 Å². The number of hydrogen-bond acceptors (Lipinski definition) is 5. The molecule has 0 atom stereocenters. The van der Waals surface area contributed by atoms with Gasteiger partial charge in [-0.3, -0.25) is 14.5 Å². The van der Waals surface area contributed by atoms with Gasteiger partial charge in [-0.25, -0.2) is 4.68 Å². The molecule has 0 spiro atoms. The summed E-state index contributed by atoms with van der Waals surface area (Å²) in [4.78, 5) is 26.7. The van der Waals surface area contributed by atoms with Crippen LogP contribution >= 0.6 is 0 Å². The number of nitrogens with one attached hydrogen (secondary N) is 1. The molecule has 1 aliphatic heterocycles. The van der Waals surface area contributed by atoms with Crippen molar-refractivity contribution >= 4 is 17.6 Å². The number of rotatable bonds is 7. The maximum absolute atomic E-state index is 12.7. The summed E-state index contributed by atoms with van der Waals surface area (Å²) in [7, 11) is 3.16. The van der Waals surface area contributed by atoms with Gasteiger partial charge >= 0.3 is 0 Å². The van der Waals surface area contributed by atoms with Crippen LogP contribution in [0, 0.1) is 0 Å². The molecule has 1 N–H and O–H groups in total. The number of hydrogen-bond donors (Lipinski definition) is 1. The van der Waals surface area contributed by atoms with Crippen LogP contribution in [0.1, 0.15) is 12.0 Å². The van der Waals surface area contributed by atoms with E-state index in [4.69, 9.17) is 9.47 Å². The second-order valence-electron chi connectivity index (χ2n) is 7.16. The van der Waals surface area contributed by atoms with Gasteiger partial charge in [-0.1, -0.05) is 30.3 Å². The summed E-state index contributed by atoms with van der Waals surface area (Å²) in [6, 6.07) is 17.0. The molecular formula is C23H24N4O4. The molecule has 4 rings (SSSR count). The third-order valence-electron chi connectivity index (χ3n) is 5.21. The summed E-state index contributed by atoms with van der Waals surface area (Å²) in [5.41, 5.74) is 2.53. The Hall–Kier alpha value is -3.81. The monoisotopic (exact) mass is 420 g/mol. The Balaban J connectivity index is 1.48. The van der Waals surface area contributed by atoms with Crippen LogP contribution in [-0.2, 0) is 22.7 Å². The number of fused-ring (bicyclic) bond motifs is 1. The molecule has 0 unspecified atom stereocenters. The third kappa shape index (κ3) is 4.37. The second-order valence-corrected chi connectivity index (χ2v) is 7.16. The van der Waals surface area contributed by atoms with E-state index in [2.05, 4.69) is 10.4 Å². The number of carbonyl (C=O) groups is 2. The van der Waals surface area contributed by atoms with E-state index in [1.54, 1.807) is 31.0 Å². The van der Waals surface area contributed by atoms with Crippen molar-refractivity contribution in [2.75, 3.05) is 25.7 Å². The van der Waals surface area contributed by atoms with Gasteiger partial charge in [0, 0.05) is 30.2 Å². The van der Waals surface area contributed by atoms with E-state index in [9.17, 15) is 9.59 Å². The summed E-state index contributed by atoms with van der Waals surface area (Å²) >= 11 is 0. The average molecular weight is 420 g/mol. The van der Waals surface area contributed by atoms with Crippen molar-refractivity contribution in [3.63, 3.8) is 0 Å². The predicted octanol–water partition coefficient (Wildman–Crippen LogP) is 2.62. The van der Waals surface area contributed by atoms with Crippen molar-refractivity contribution in [3.8, 4) is 22.8 Å². The molecule has 3 aromatic rings. The van der Waals surface area contributed by atoms with Crippen molar-refractivity contribution < 1.29 is 19.1 Å². The first-order chi connectivity index (χ1) is 15.1. The Morgan fingerprint density at radius 2 is 1.90 bits per heavy atom. The number of aromatic nitrogens is 2. The molecule has 31 heavy (non-hydrogen) atoms. The zero-order valence-corrected chi connectivity index (χ0v) is 17.5. The lowest BCUT2D eigenvalue weighted by molar-refractivity contribution is -0.124. The number of methoxy groups -OCH3 is 2. The Labute approximate surface area is 180 Å². The van der Waals surface area contributed by atoms with Gasteiger partial charge in [0.1, 0.15) is 23.9 Å². The number of anilines is 1. The number of carbonyl (C=O) groups excluding carboxylic acids is 2. The molecule has 0 bridgehead atoms. The van der Waals surface area contributed by atoms with E-state index in [1.165, 1.54) is 4.90 Å². The maximum Gasteiger partial charge on any atom is 0.240 e. The molecule has 8 nitrogen and oxygen atoms in total. The predicted molar refractivity (Wildman–Crippen MR) is 116 cm³/mol. The molecule has 0 fully saturated rings. The number of amides is 2. The summed E-state index contributed by atoms with van der Waals surface area (Å²) < 4.78 is 12.4. The number of nitrogens with zero attached hydrogens (tertiary/aromatic N) is 3. The Morgan fingerprint density at radius 1 is 1.10 bits per heavy atom. The lowest BCUT2D eigenvalue weighted by atomic mass is 10.1. The van der Waals surface area contributed by atoms with Crippen molar-refractivity contribution in [2.45, 2.75) is 19.5 Å². The quantitative estimate of drug-likeness (QED) is 0.635. The average Bonchev–Trinajstić information content (AvgIpc) is 3.24. The van der Waals surface area contributed by atoms with E-state index in [0.717, 1.165) is 16.8 Å². The zero-order valence-electron chi connectivity index (χ0n) is 17.5. The number of benzene rings is 2. The van der Waals surface area contributed by atoms with Crippen LogP contribution < -0.4 is 19.7 Å². The van der Waals surface area contributed by atoms with Crippen LogP contribution in [0.3, 0.4) is 0 Å². The minimum atomic E-state index is -0.269. The first-order valence-corrected chi connectivity index (χ1v) is 10.0. The zero-order chi connectivity index (χ0) is 21.8. The highest BCUT2D eigenvalue weighted by Crippen LogP contribution is 2.28. The van der Waals surface area contributed by atoms with Crippen molar-refractivity contribution in [2.24, 2.45) is 0 Å². The fourth-order valence-corrected chi connectivity index (χ4v) is 3.59. The van der Waals surface area contributed by atoms with Gasteiger partial charge in [-0.15, -0.1) is 0 Å². The molecule has 2 amide bonds. The summed E-state index contributed by atoms with van der Waals surface area (Å²) in [6.07, 6.45) is 0.305. The fraction of sp³-hybridized carbons (Fsp3) is 0.261. The minimum absolute atomic E-state index is 0.0783. The largest absolute Gasteiger partial charge is 0.497 e. The fourth-order valence-electron chi connectivity index (χ4n) is 3.59. The van der Waals surface area contributed by atoms with Crippen LogP contribution in [-0.4, -0.2) is 42.4 Å². The van der Waals surface area contributed by atoms with Crippen LogP contribution in [0.15, 0.2) is 54.6 Å². The van der Waals surface area contributed by atoms with Crippen molar-refractivity contribution in [1.29, 1.82) is 0 Å². The highest BCUT2D eigenvalue weighted by molar-refractivity contribution is 5.99. The van der Waals surface area contributed by atoms with E-state index in [1.807, 2.05) is 42.5 Å². The lowest BCUT2D eigenvalue weighted by Gasteiger charge is -2.26. The summed E-state index contributed by atoms with van der Waals surface area (Å²) in [6.45, 7) is 0.681. The highest BCUT2D eigenvalue weighted by atomic mass is 16.5. The van der Waals surface area contributed by atoms with E-state index < -0.39 is 0 Å². The molecule has 160 valence electrons. The first kappa shape index (κ1) is 20.5. The van der Waals surface area contributed by atoms with Crippen molar-refractivity contribution in [1.82, 2.24) is 15.1 Å². The Kier molecular flexibility index (Phi) is 5.88. The van der Waals surface area contributed by atoms with E-state index in [0.29, 0.717) is 30.3 Å². The van der Waals surface area contributed by atoms with Gasteiger partial charge < -0.3 is 14.8 Å². The van der Waals surface area contributed by atoms with Crippen LogP contribution in [0.5, 0.6) is 11.5 Å². The highest BCUT2D eigenvalue weighted by Gasteiger charge is 2.28. The lowest BCUT2D eigenvalue weighted by Crippen LogP contribution is -2.44. The van der Waals surface area contributed by atoms with Gasteiger partial charge in [0.15, 0.2) is 0 Å². The van der Waals surface area contributed by atoms with Crippen molar-refractivity contribution in [3.05, 3.63) is 60.2 Å². The third-order valence-corrected chi connectivity index (χ3v) is 5.21. The van der Waals surface area contributed by atoms with Crippen LogP contribution in [0.4, 0.5) is 5.82 Å². The molecular weight excluding hydrogens is 396 g/mol. The van der Waals surface area contributed by atoms with Gasteiger partial charge in [0.2, 0.25) is 11.8 Å². The number of aryl methyl sites for hydroxylation is 1. The Morgan fingerprint density at radius 3 is 2.65 bits per heavy atom. The maximum atomic E-state index is 12.7. The molecule has 0 saturated carbocycles. The minimum Gasteiger partial charge on any atom is -0.497 e. The molecule has 2 heterocycles. The molecule has 0 radical (unpaired) electrons. The van der Waals surface area contributed by atoms with Gasteiger partial charge in [0.25, 0.3) is 0 Å². The smallest absolute Gasteiger partial charge is 0.240 e. The molecule has 0 aliphatic carbocycles.